The first-order valence-corrected chi connectivity index (χ1v) is 6.25. The molecule has 0 aromatic heterocycles. The Kier molecular flexibility index (Phi) is 5.38. The van der Waals surface area contributed by atoms with Crippen molar-refractivity contribution in [3.05, 3.63) is 27.7 Å². The smallest absolute Gasteiger partial charge is 0.303 e. The number of ether oxygens (including phenoxy) is 1. The number of benzene rings is 1. The number of aliphatic carboxylic acids is 1. The first-order valence-electron chi connectivity index (χ1n) is 5.50. The van der Waals surface area contributed by atoms with Crippen LogP contribution in [-0.2, 0) is 10.7 Å². The van der Waals surface area contributed by atoms with Crippen LogP contribution < -0.4 is 4.74 Å². The normalized spacial score (nSPS) is 11.4. The molecule has 0 aliphatic carbocycles. The SMILES string of the molecule is CCOc1cc(Cl)c(C(F)(F)CCC(=O)O)cc1Cl. The molecule has 0 atom stereocenters. The zero-order chi connectivity index (χ0) is 14.6. The molecule has 0 bridgehead atoms. The van der Waals surface area contributed by atoms with Crippen molar-refractivity contribution in [2.24, 2.45) is 0 Å². The van der Waals surface area contributed by atoms with Gasteiger partial charge in [-0.05, 0) is 13.0 Å². The van der Waals surface area contributed by atoms with Gasteiger partial charge in [-0.2, -0.15) is 0 Å². The Labute approximate surface area is 119 Å². The van der Waals surface area contributed by atoms with E-state index in [1.54, 1.807) is 6.92 Å². The number of carboxylic acids is 1. The van der Waals surface area contributed by atoms with E-state index in [0.29, 0.717) is 6.61 Å². The number of halogens is 4. The molecule has 0 saturated carbocycles. The second-order valence-electron chi connectivity index (χ2n) is 3.79. The van der Waals surface area contributed by atoms with Gasteiger partial charge in [-0.25, -0.2) is 8.78 Å². The van der Waals surface area contributed by atoms with E-state index in [9.17, 15) is 13.6 Å². The summed E-state index contributed by atoms with van der Waals surface area (Å²) in [5.74, 6) is -4.44. The highest BCUT2D eigenvalue weighted by molar-refractivity contribution is 6.34. The molecule has 0 aliphatic heterocycles. The summed E-state index contributed by atoms with van der Waals surface area (Å²) in [6.45, 7) is 2.05. The summed E-state index contributed by atoms with van der Waals surface area (Å²) in [4.78, 5) is 10.4. The van der Waals surface area contributed by atoms with Crippen LogP contribution in [0.1, 0.15) is 25.3 Å². The quantitative estimate of drug-likeness (QED) is 0.849. The van der Waals surface area contributed by atoms with E-state index in [-0.39, 0.29) is 15.8 Å². The number of hydrogen-bond donors (Lipinski definition) is 1. The van der Waals surface area contributed by atoms with Gasteiger partial charge in [0.05, 0.1) is 23.1 Å². The summed E-state index contributed by atoms with van der Waals surface area (Å²) in [5, 5.41) is 8.25. The average Bonchev–Trinajstić information content (AvgIpc) is 2.31. The summed E-state index contributed by atoms with van der Waals surface area (Å²) < 4.78 is 32.8. The zero-order valence-electron chi connectivity index (χ0n) is 10.1. The van der Waals surface area contributed by atoms with Gasteiger partial charge in [0.2, 0.25) is 0 Å². The molecular formula is C12H12Cl2F2O3. The van der Waals surface area contributed by atoms with Crippen LogP contribution in [-0.4, -0.2) is 17.7 Å². The fraction of sp³-hybridized carbons (Fsp3) is 0.417. The Morgan fingerprint density at radius 1 is 1.37 bits per heavy atom. The maximum atomic E-state index is 13.8. The van der Waals surface area contributed by atoms with Gasteiger partial charge in [0.15, 0.2) is 0 Å². The van der Waals surface area contributed by atoms with Crippen molar-refractivity contribution in [2.45, 2.75) is 25.7 Å². The number of rotatable bonds is 6. The van der Waals surface area contributed by atoms with E-state index in [1.807, 2.05) is 0 Å². The molecular weight excluding hydrogens is 301 g/mol. The maximum absolute atomic E-state index is 13.8. The average molecular weight is 313 g/mol. The number of carboxylic acid groups (broad SMARTS) is 1. The molecule has 1 N–H and O–H groups in total. The van der Waals surface area contributed by atoms with Crippen LogP contribution in [0.4, 0.5) is 8.78 Å². The van der Waals surface area contributed by atoms with Gasteiger partial charge in [0.25, 0.3) is 5.92 Å². The Hall–Kier alpha value is -1.07. The van der Waals surface area contributed by atoms with Crippen molar-refractivity contribution in [1.29, 1.82) is 0 Å². The summed E-state index contributed by atoms with van der Waals surface area (Å²) in [6.07, 6.45) is -1.50. The van der Waals surface area contributed by atoms with Crippen LogP contribution >= 0.6 is 23.2 Å². The van der Waals surface area contributed by atoms with Gasteiger partial charge in [0.1, 0.15) is 5.75 Å². The van der Waals surface area contributed by atoms with Gasteiger partial charge >= 0.3 is 5.97 Å². The second kappa shape index (κ2) is 6.39. The van der Waals surface area contributed by atoms with Crippen molar-refractivity contribution in [2.75, 3.05) is 6.61 Å². The lowest BCUT2D eigenvalue weighted by atomic mass is 10.0. The third-order valence-corrected chi connectivity index (χ3v) is 2.98. The molecule has 0 heterocycles. The first kappa shape index (κ1) is 16.0. The van der Waals surface area contributed by atoms with Gasteiger partial charge in [-0.3, -0.25) is 4.79 Å². The van der Waals surface area contributed by atoms with Crippen molar-refractivity contribution >= 4 is 29.2 Å². The maximum Gasteiger partial charge on any atom is 0.303 e. The molecule has 0 unspecified atom stereocenters. The van der Waals surface area contributed by atoms with Crippen molar-refractivity contribution in [3.8, 4) is 5.75 Å². The van der Waals surface area contributed by atoms with Crippen LogP contribution in [0.2, 0.25) is 10.0 Å². The van der Waals surface area contributed by atoms with E-state index in [4.69, 9.17) is 33.0 Å². The number of alkyl halides is 2. The third-order valence-electron chi connectivity index (χ3n) is 2.37. The van der Waals surface area contributed by atoms with Gasteiger partial charge < -0.3 is 9.84 Å². The molecule has 0 spiro atoms. The lowest BCUT2D eigenvalue weighted by Crippen LogP contribution is -2.16. The molecule has 1 aromatic carbocycles. The monoisotopic (exact) mass is 312 g/mol. The summed E-state index contributed by atoms with van der Waals surface area (Å²) >= 11 is 11.6. The van der Waals surface area contributed by atoms with E-state index >= 15 is 0 Å². The number of carbonyl (C=O) groups is 1. The topological polar surface area (TPSA) is 46.5 Å². The lowest BCUT2D eigenvalue weighted by Gasteiger charge is -2.18. The molecule has 3 nitrogen and oxygen atoms in total. The van der Waals surface area contributed by atoms with Crippen LogP contribution in [0.3, 0.4) is 0 Å². The highest BCUT2D eigenvalue weighted by Gasteiger charge is 2.35. The molecule has 106 valence electrons. The molecule has 19 heavy (non-hydrogen) atoms. The van der Waals surface area contributed by atoms with E-state index in [1.165, 1.54) is 6.07 Å². The molecule has 7 heteroatoms. The van der Waals surface area contributed by atoms with E-state index in [0.717, 1.165) is 6.07 Å². The van der Waals surface area contributed by atoms with Gasteiger partial charge in [-0.15, -0.1) is 0 Å². The van der Waals surface area contributed by atoms with Crippen LogP contribution in [0, 0.1) is 0 Å². The van der Waals surface area contributed by atoms with E-state index < -0.39 is 30.3 Å². The molecule has 0 saturated heterocycles. The second-order valence-corrected chi connectivity index (χ2v) is 4.61. The predicted molar refractivity (Wildman–Crippen MR) is 68.4 cm³/mol. The molecule has 1 rings (SSSR count). The summed E-state index contributed by atoms with van der Waals surface area (Å²) in [5.41, 5.74) is -0.496. The minimum absolute atomic E-state index is 0.0104. The van der Waals surface area contributed by atoms with Crippen molar-refractivity contribution < 1.29 is 23.4 Å². The highest BCUT2D eigenvalue weighted by atomic mass is 35.5. The van der Waals surface area contributed by atoms with Crippen molar-refractivity contribution in [3.63, 3.8) is 0 Å². The molecule has 0 aliphatic rings. The third kappa shape index (κ3) is 4.21. The molecule has 0 fully saturated rings. The molecule has 0 radical (unpaired) electrons. The predicted octanol–water partition coefficient (Wildman–Crippen LogP) is 4.35. The fourth-order valence-corrected chi connectivity index (χ4v) is 1.98. The minimum Gasteiger partial charge on any atom is -0.492 e. The Morgan fingerprint density at radius 2 is 2.00 bits per heavy atom. The zero-order valence-corrected chi connectivity index (χ0v) is 11.6. The summed E-state index contributed by atoms with van der Waals surface area (Å²) in [7, 11) is 0. The van der Waals surface area contributed by atoms with E-state index in [2.05, 4.69) is 0 Å². The molecule has 0 amide bonds. The van der Waals surface area contributed by atoms with Crippen LogP contribution in [0.25, 0.3) is 0 Å². The minimum atomic E-state index is -3.36. The first-order chi connectivity index (χ1) is 8.77. The van der Waals surface area contributed by atoms with Crippen LogP contribution in [0.15, 0.2) is 12.1 Å². The fourth-order valence-electron chi connectivity index (χ4n) is 1.47. The Balaban J connectivity index is 3.06. The Morgan fingerprint density at radius 3 is 2.53 bits per heavy atom. The lowest BCUT2D eigenvalue weighted by molar-refractivity contribution is -0.139. The Bertz CT molecular complexity index is 478. The molecule has 1 aromatic rings. The standard InChI is InChI=1S/C12H12Cl2F2O3/c1-2-19-10-6-8(13)7(5-9(10)14)12(15,16)4-3-11(17)18/h5-6H,2-4H2,1H3,(H,17,18). The van der Waals surface area contributed by atoms with Crippen molar-refractivity contribution in [1.82, 2.24) is 0 Å². The van der Waals surface area contributed by atoms with Gasteiger partial charge in [-0.1, -0.05) is 23.2 Å². The largest absolute Gasteiger partial charge is 0.492 e. The number of hydrogen-bond acceptors (Lipinski definition) is 2. The van der Waals surface area contributed by atoms with Gasteiger partial charge in [0, 0.05) is 18.1 Å². The summed E-state index contributed by atoms with van der Waals surface area (Å²) in [6, 6.07) is 2.22. The van der Waals surface area contributed by atoms with Crippen LogP contribution in [0.5, 0.6) is 5.75 Å². The highest BCUT2D eigenvalue weighted by Crippen LogP contribution is 2.41.